The second-order valence-corrected chi connectivity index (χ2v) is 15.5. The SMILES string of the molecule is CCN(CCNS(C)(=O)=O)c1ccc(N=Nc2c(C#N)c(C)nn2-c2c(Cl)cc(S(=O)(=O)Nc3cc(C)ccc3OC)cc2Cl)c(NC(C)=O)c1. The first-order valence-electron chi connectivity index (χ1n) is 15.2. The zero-order valence-electron chi connectivity index (χ0n) is 28.4. The molecule has 0 fully saturated rings. The smallest absolute Gasteiger partial charge is 0.262 e. The molecule has 270 valence electrons. The number of rotatable bonds is 14. The Balaban J connectivity index is 1.74. The molecule has 19 heteroatoms. The average molecular weight is 777 g/mol. The maximum absolute atomic E-state index is 13.4. The molecule has 4 rings (SSSR count). The van der Waals surface area contributed by atoms with Crippen molar-refractivity contribution >= 4 is 77.7 Å². The number of benzene rings is 3. The van der Waals surface area contributed by atoms with Gasteiger partial charge in [-0.05, 0) is 68.8 Å². The van der Waals surface area contributed by atoms with E-state index in [4.69, 9.17) is 27.9 Å². The van der Waals surface area contributed by atoms with E-state index in [0.29, 0.717) is 30.2 Å². The number of carbonyl (C=O) groups is 1. The number of sulfonamides is 2. The third-order valence-corrected chi connectivity index (χ3v) is 9.95. The summed E-state index contributed by atoms with van der Waals surface area (Å²) in [4.78, 5) is 13.8. The number of carbonyl (C=O) groups excluding carboxylic acids is 1. The number of amides is 1. The van der Waals surface area contributed by atoms with E-state index >= 15 is 0 Å². The van der Waals surface area contributed by atoms with Crippen molar-refractivity contribution in [3.05, 3.63) is 75.4 Å². The third kappa shape index (κ3) is 9.54. The predicted molar refractivity (Wildman–Crippen MR) is 197 cm³/mol. The molecule has 0 aliphatic rings. The summed E-state index contributed by atoms with van der Waals surface area (Å²) in [6.07, 6.45) is 1.08. The van der Waals surface area contributed by atoms with E-state index in [0.717, 1.165) is 11.8 Å². The number of hydrogen-bond acceptors (Lipinski definition) is 11. The van der Waals surface area contributed by atoms with Crippen LogP contribution in [0, 0.1) is 25.2 Å². The number of azo groups is 1. The predicted octanol–water partition coefficient (Wildman–Crippen LogP) is 6.23. The number of nitriles is 1. The molecular weight excluding hydrogens is 741 g/mol. The van der Waals surface area contributed by atoms with E-state index < -0.39 is 20.0 Å². The number of aryl methyl sites for hydroxylation is 2. The highest BCUT2D eigenvalue weighted by Crippen LogP contribution is 2.38. The highest BCUT2D eigenvalue weighted by molar-refractivity contribution is 7.92. The van der Waals surface area contributed by atoms with Gasteiger partial charge >= 0.3 is 0 Å². The van der Waals surface area contributed by atoms with Gasteiger partial charge in [-0.15, -0.1) is 10.2 Å². The summed E-state index contributed by atoms with van der Waals surface area (Å²) in [6, 6.07) is 14.5. The van der Waals surface area contributed by atoms with Gasteiger partial charge in [0.25, 0.3) is 10.0 Å². The molecule has 1 aromatic heterocycles. The van der Waals surface area contributed by atoms with Gasteiger partial charge in [-0.1, -0.05) is 29.3 Å². The third-order valence-electron chi connectivity index (χ3n) is 7.30. The first kappa shape index (κ1) is 39.1. The van der Waals surface area contributed by atoms with E-state index in [2.05, 4.69) is 30.1 Å². The maximum atomic E-state index is 13.4. The van der Waals surface area contributed by atoms with E-state index in [9.17, 15) is 26.9 Å². The zero-order chi connectivity index (χ0) is 37.7. The molecule has 4 aromatic rings. The number of halogens is 2. The summed E-state index contributed by atoms with van der Waals surface area (Å²) in [5, 5.41) is 25.5. The van der Waals surface area contributed by atoms with Crippen LogP contribution in [0.3, 0.4) is 0 Å². The lowest BCUT2D eigenvalue weighted by molar-refractivity contribution is -0.114. The molecule has 0 aliphatic carbocycles. The molecule has 1 heterocycles. The van der Waals surface area contributed by atoms with Gasteiger partial charge in [-0.25, -0.2) is 26.2 Å². The molecule has 15 nitrogen and oxygen atoms in total. The Bertz CT molecular complexity index is 2250. The molecule has 0 saturated carbocycles. The molecule has 51 heavy (non-hydrogen) atoms. The fourth-order valence-corrected chi connectivity index (χ4v) is 7.29. The number of hydrogen-bond donors (Lipinski definition) is 3. The minimum atomic E-state index is -4.20. The van der Waals surface area contributed by atoms with Crippen molar-refractivity contribution in [1.29, 1.82) is 5.26 Å². The van der Waals surface area contributed by atoms with E-state index in [-0.39, 0.29) is 61.5 Å². The van der Waals surface area contributed by atoms with Crippen molar-refractivity contribution in [1.82, 2.24) is 14.5 Å². The lowest BCUT2D eigenvalue weighted by Gasteiger charge is -2.24. The number of nitrogens with zero attached hydrogens (tertiary/aromatic N) is 6. The quantitative estimate of drug-likeness (QED) is 0.124. The highest BCUT2D eigenvalue weighted by atomic mass is 35.5. The molecule has 0 spiro atoms. The Morgan fingerprint density at radius 2 is 1.73 bits per heavy atom. The molecule has 1 amide bonds. The molecule has 3 N–H and O–H groups in total. The number of nitrogens with one attached hydrogen (secondary N) is 3. The van der Waals surface area contributed by atoms with Crippen LogP contribution in [0.15, 0.2) is 63.7 Å². The lowest BCUT2D eigenvalue weighted by Crippen LogP contribution is -2.34. The highest BCUT2D eigenvalue weighted by Gasteiger charge is 2.25. The van der Waals surface area contributed by atoms with Gasteiger partial charge in [0.15, 0.2) is 5.82 Å². The first-order valence-corrected chi connectivity index (χ1v) is 19.3. The number of likely N-dealkylation sites (N-methyl/N-ethyl adjacent to an activating group) is 1. The van der Waals surface area contributed by atoms with Crippen molar-refractivity contribution < 1.29 is 26.4 Å². The van der Waals surface area contributed by atoms with Crippen LogP contribution < -0.4 is 24.4 Å². The summed E-state index contributed by atoms with van der Waals surface area (Å²) in [7, 11) is -6.16. The van der Waals surface area contributed by atoms with Crippen LogP contribution in [0.1, 0.15) is 30.7 Å². The van der Waals surface area contributed by atoms with Gasteiger partial charge in [-0.3, -0.25) is 9.52 Å². The summed E-state index contributed by atoms with van der Waals surface area (Å²) in [5.41, 5.74) is 2.57. The molecule has 0 unspecified atom stereocenters. The van der Waals surface area contributed by atoms with Gasteiger partial charge in [-0.2, -0.15) is 10.4 Å². The minimum Gasteiger partial charge on any atom is -0.495 e. The van der Waals surface area contributed by atoms with Crippen LogP contribution in [0.25, 0.3) is 5.69 Å². The van der Waals surface area contributed by atoms with Gasteiger partial charge < -0.3 is 15.0 Å². The lowest BCUT2D eigenvalue weighted by atomic mass is 10.2. The van der Waals surface area contributed by atoms with Crippen LogP contribution >= 0.6 is 23.2 Å². The normalized spacial score (nSPS) is 11.7. The number of aromatic nitrogens is 2. The van der Waals surface area contributed by atoms with E-state index in [1.54, 1.807) is 50.2 Å². The van der Waals surface area contributed by atoms with E-state index in [1.807, 2.05) is 17.9 Å². The van der Waals surface area contributed by atoms with Crippen molar-refractivity contribution in [2.24, 2.45) is 10.2 Å². The summed E-state index contributed by atoms with van der Waals surface area (Å²) < 4.78 is 61.3. The molecule has 0 bridgehead atoms. The number of ether oxygens (including phenoxy) is 1. The zero-order valence-corrected chi connectivity index (χ0v) is 31.6. The van der Waals surface area contributed by atoms with Crippen LogP contribution in [-0.2, 0) is 24.8 Å². The van der Waals surface area contributed by atoms with Gasteiger partial charge in [0.2, 0.25) is 15.9 Å². The Labute approximate surface area is 306 Å². The monoisotopic (exact) mass is 775 g/mol. The van der Waals surface area contributed by atoms with Crippen LogP contribution in [-0.4, -0.2) is 65.5 Å². The second-order valence-electron chi connectivity index (χ2n) is 11.2. The maximum Gasteiger partial charge on any atom is 0.262 e. The average Bonchev–Trinajstić information content (AvgIpc) is 3.35. The van der Waals surface area contributed by atoms with Crippen LogP contribution in [0.4, 0.5) is 28.6 Å². The largest absolute Gasteiger partial charge is 0.495 e. The standard InChI is InChI=1S/C32H35Cl2N9O6S2/c1-7-42(13-12-36-50(6,45)46)22-9-10-27(28(15-22)37-21(4)44)38-39-32-24(18-35)20(3)40-43(32)31-25(33)16-23(17-26(31)34)51(47,48)41-29-14-19(2)8-11-30(29)49-5/h8-11,14-17,36,41H,7,12-13H2,1-6H3,(H,37,44). The van der Waals surface area contributed by atoms with Gasteiger partial charge in [0.05, 0.1) is 45.4 Å². The fraction of sp³-hybridized carbons (Fsp3) is 0.281. The molecule has 0 radical (unpaired) electrons. The Morgan fingerprint density at radius 1 is 1.04 bits per heavy atom. The molecule has 0 saturated heterocycles. The molecule has 3 aromatic carbocycles. The van der Waals surface area contributed by atoms with Crippen LogP contribution in [0.5, 0.6) is 5.75 Å². The summed E-state index contributed by atoms with van der Waals surface area (Å²) in [5.74, 6) is -0.130. The van der Waals surface area contributed by atoms with Crippen molar-refractivity contribution in [2.45, 2.75) is 32.6 Å². The number of anilines is 3. The molecule has 0 atom stereocenters. The summed E-state index contributed by atoms with van der Waals surface area (Å²) >= 11 is 13.3. The first-order chi connectivity index (χ1) is 24.0. The fourth-order valence-electron chi connectivity index (χ4n) is 4.93. The van der Waals surface area contributed by atoms with E-state index in [1.165, 1.54) is 30.8 Å². The van der Waals surface area contributed by atoms with Crippen molar-refractivity contribution in [2.75, 3.05) is 47.9 Å². The number of methoxy groups -OCH3 is 1. The van der Waals surface area contributed by atoms with Crippen molar-refractivity contribution in [3.63, 3.8) is 0 Å². The second kappa shape index (κ2) is 16.1. The molecular formula is C32H35Cl2N9O6S2. The Hall–Kier alpha value is -4.73. The van der Waals surface area contributed by atoms with Gasteiger partial charge in [0, 0.05) is 32.2 Å². The van der Waals surface area contributed by atoms with Crippen molar-refractivity contribution in [3.8, 4) is 17.5 Å². The molecule has 0 aliphatic heterocycles. The Kier molecular flexibility index (Phi) is 12.3. The van der Waals surface area contributed by atoms with Gasteiger partial charge in [0.1, 0.15) is 28.8 Å². The Morgan fingerprint density at radius 3 is 2.31 bits per heavy atom. The topological polar surface area (TPSA) is 200 Å². The minimum absolute atomic E-state index is 0.0442. The summed E-state index contributed by atoms with van der Waals surface area (Å²) in [6.45, 7) is 7.66. The van der Waals surface area contributed by atoms with Crippen LogP contribution in [0.2, 0.25) is 10.0 Å².